The SMILES string of the molecule is CCNC(=O)N1CCN(CCCOc2ccc(SF)cc2)CC1. The molecule has 128 valence electrons. The largest absolute Gasteiger partial charge is 0.494 e. The van der Waals surface area contributed by atoms with Gasteiger partial charge in [-0.3, -0.25) is 4.90 Å². The molecule has 1 aromatic carbocycles. The number of piperazine rings is 1. The standard InChI is InChI=1S/C16H24FN3O2S/c1-2-18-16(21)20-11-9-19(10-12-20)8-3-13-22-14-4-6-15(23-17)7-5-14/h4-7H,2-3,8-13H2,1H3,(H,18,21). The molecule has 1 aliphatic rings. The Hall–Kier alpha value is -1.47. The second-order valence-electron chi connectivity index (χ2n) is 5.41. The van der Waals surface area contributed by atoms with Gasteiger partial charge in [0.05, 0.1) is 18.8 Å². The van der Waals surface area contributed by atoms with Gasteiger partial charge in [-0.25, -0.2) is 4.79 Å². The molecule has 1 saturated heterocycles. The molecule has 23 heavy (non-hydrogen) atoms. The predicted molar refractivity (Wildman–Crippen MR) is 90.6 cm³/mol. The number of halogens is 1. The number of nitrogens with zero attached hydrogens (tertiary/aromatic N) is 2. The smallest absolute Gasteiger partial charge is 0.317 e. The lowest BCUT2D eigenvalue weighted by Crippen LogP contribution is -2.51. The molecule has 1 aromatic rings. The van der Waals surface area contributed by atoms with Gasteiger partial charge in [0.15, 0.2) is 0 Å². The first-order chi connectivity index (χ1) is 11.2. The van der Waals surface area contributed by atoms with E-state index in [-0.39, 0.29) is 18.2 Å². The van der Waals surface area contributed by atoms with Gasteiger partial charge in [0, 0.05) is 44.2 Å². The maximum absolute atomic E-state index is 12.3. The molecular weight excluding hydrogens is 317 g/mol. The number of hydrogen-bond acceptors (Lipinski definition) is 4. The number of ether oxygens (including phenoxy) is 1. The van der Waals surface area contributed by atoms with Crippen molar-refractivity contribution in [3.63, 3.8) is 0 Å². The van der Waals surface area contributed by atoms with Crippen molar-refractivity contribution >= 4 is 18.2 Å². The summed E-state index contributed by atoms with van der Waals surface area (Å²) in [5.74, 6) is 0.767. The Kier molecular flexibility index (Phi) is 7.48. The topological polar surface area (TPSA) is 44.8 Å². The number of carbonyl (C=O) groups excluding carboxylic acids is 1. The lowest BCUT2D eigenvalue weighted by molar-refractivity contribution is 0.134. The molecule has 1 heterocycles. The molecule has 1 fully saturated rings. The van der Waals surface area contributed by atoms with E-state index in [9.17, 15) is 8.68 Å². The fourth-order valence-corrected chi connectivity index (χ4v) is 2.74. The Morgan fingerprint density at radius 3 is 2.57 bits per heavy atom. The van der Waals surface area contributed by atoms with E-state index in [1.807, 2.05) is 11.8 Å². The van der Waals surface area contributed by atoms with Gasteiger partial charge in [0.1, 0.15) is 5.75 Å². The molecule has 0 spiro atoms. The number of urea groups is 1. The van der Waals surface area contributed by atoms with Crippen LogP contribution in [0.25, 0.3) is 0 Å². The summed E-state index contributed by atoms with van der Waals surface area (Å²) in [6, 6.07) is 7.02. The number of carbonyl (C=O) groups is 1. The molecule has 0 bridgehead atoms. The van der Waals surface area contributed by atoms with Crippen molar-refractivity contribution in [2.24, 2.45) is 0 Å². The quantitative estimate of drug-likeness (QED) is 0.775. The van der Waals surface area contributed by atoms with Crippen molar-refractivity contribution < 1.29 is 13.4 Å². The third-order valence-electron chi connectivity index (χ3n) is 3.79. The maximum Gasteiger partial charge on any atom is 0.317 e. The highest BCUT2D eigenvalue weighted by Crippen LogP contribution is 2.21. The first kappa shape index (κ1) is 17.9. The number of hydrogen-bond donors (Lipinski definition) is 1. The molecule has 2 rings (SSSR count). The summed E-state index contributed by atoms with van der Waals surface area (Å²) in [5.41, 5.74) is 0. The average molecular weight is 341 g/mol. The second kappa shape index (κ2) is 9.62. The Bertz CT molecular complexity index is 479. The summed E-state index contributed by atoms with van der Waals surface area (Å²) in [7, 11) is 0. The Morgan fingerprint density at radius 1 is 1.26 bits per heavy atom. The van der Waals surface area contributed by atoms with Crippen molar-refractivity contribution in [3.8, 4) is 5.75 Å². The average Bonchev–Trinajstić information content (AvgIpc) is 2.60. The highest BCUT2D eigenvalue weighted by atomic mass is 32.2. The van der Waals surface area contributed by atoms with Crippen LogP contribution in [-0.4, -0.2) is 61.7 Å². The fraction of sp³-hybridized carbons (Fsp3) is 0.562. The monoisotopic (exact) mass is 341 g/mol. The second-order valence-corrected chi connectivity index (χ2v) is 6.04. The van der Waals surface area contributed by atoms with Gasteiger partial charge in [0.2, 0.25) is 0 Å². The zero-order valence-electron chi connectivity index (χ0n) is 13.5. The molecule has 0 radical (unpaired) electrons. The van der Waals surface area contributed by atoms with Crippen LogP contribution in [-0.2, 0) is 0 Å². The van der Waals surface area contributed by atoms with Gasteiger partial charge in [-0.2, -0.15) is 3.89 Å². The number of nitrogens with one attached hydrogen (secondary N) is 1. The highest BCUT2D eigenvalue weighted by molar-refractivity contribution is 7.94. The van der Waals surface area contributed by atoms with Gasteiger partial charge >= 0.3 is 6.03 Å². The number of benzene rings is 1. The molecule has 5 nitrogen and oxygen atoms in total. The van der Waals surface area contributed by atoms with Crippen molar-refractivity contribution in [1.29, 1.82) is 0 Å². The van der Waals surface area contributed by atoms with Crippen molar-refractivity contribution in [2.45, 2.75) is 18.2 Å². The molecule has 2 amide bonds. The Labute approximate surface area is 141 Å². The Morgan fingerprint density at radius 2 is 1.96 bits per heavy atom. The van der Waals surface area contributed by atoms with Gasteiger partial charge in [-0.1, -0.05) is 0 Å². The van der Waals surface area contributed by atoms with Crippen LogP contribution >= 0.6 is 12.1 Å². The van der Waals surface area contributed by atoms with E-state index in [0.717, 1.165) is 44.9 Å². The molecule has 0 aliphatic carbocycles. The third kappa shape index (κ3) is 5.91. The maximum atomic E-state index is 12.3. The van der Waals surface area contributed by atoms with Crippen LogP contribution in [0, 0.1) is 0 Å². The summed E-state index contributed by atoms with van der Waals surface area (Å²) < 4.78 is 18.0. The van der Waals surface area contributed by atoms with E-state index >= 15 is 0 Å². The molecule has 7 heteroatoms. The van der Waals surface area contributed by atoms with E-state index < -0.39 is 0 Å². The zero-order chi connectivity index (χ0) is 16.5. The van der Waals surface area contributed by atoms with Crippen molar-refractivity contribution in [2.75, 3.05) is 45.9 Å². The van der Waals surface area contributed by atoms with E-state index in [0.29, 0.717) is 18.0 Å². The predicted octanol–water partition coefficient (Wildman–Crippen LogP) is 2.78. The molecule has 1 aliphatic heterocycles. The van der Waals surface area contributed by atoms with Crippen LogP contribution in [0.3, 0.4) is 0 Å². The molecule has 1 N–H and O–H groups in total. The minimum Gasteiger partial charge on any atom is -0.494 e. The summed E-state index contributed by atoms with van der Waals surface area (Å²) in [6.45, 7) is 7.54. The molecule has 0 atom stereocenters. The first-order valence-electron chi connectivity index (χ1n) is 7.99. The summed E-state index contributed by atoms with van der Waals surface area (Å²) >= 11 is 0.235. The van der Waals surface area contributed by atoms with Crippen molar-refractivity contribution in [3.05, 3.63) is 24.3 Å². The number of amides is 2. The Balaban J connectivity index is 1.59. The summed E-state index contributed by atoms with van der Waals surface area (Å²) in [6.07, 6.45) is 0.931. The molecule has 0 saturated carbocycles. The van der Waals surface area contributed by atoms with E-state index in [2.05, 4.69) is 10.2 Å². The molecular formula is C16H24FN3O2S. The summed E-state index contributed by atoms with van der Waals surface area (Å²) in [5, 5.41) is 2.83. The van der Waals surface area contributed by atoms with Crippen LogP contribution < -0.4 is 10.1 Å². The van der Waals surface area contributed by atoms with E-state index in [4.69, 9.17) is 4.74 Å². The zero-order valence-corrected chi connectivity index (χ0v) is 14.3. The molecule has 0 aromatic heterocycles. The highest BCUT2D eigenvalue weighted by Gasteiger charge is 2.19. The van der Waals surface area contributed by atoms with Crippen LogP contribution in [0.15, 0.2) is 29.2 Å². The third-order valence-corrected chi connectivity index (χ3v) is 4.24. The van der Waals surface area contributed by atoms with Crippen LogP contribution in [0.5, 0.6) is 5.75 Å². The van der Waals surface area contributed by atoms with Crippen LogP contribution in [0.1, 0.15) is 13.3 Å². The lowest BCUT2D eigenvalue weighted by atomic mass is 10.3. The minimum absolute atomic E-state index is 0.0328. The van der Waals surface area contributed by atoms with Gasteiger partial charge < -0.3 is 15.0 Å². The van der Waals surface area contributed by atoms with Gasteiger partial charge in [-0.05, 0) is 37.6 Å². The van der Waals surface area contributed by atoms with E-state index in [1.165, 1.54) is 0 Å². The van der Waals surface area contributed by atoms with Crippen LogP contribution in [0.4, 0.5) is 8.68 Å². The lowest BCUT2D eigenvalue weighted by Gasteiger charge is -2.34. The van der Waals surface area contributed by atoms with E-state index in [1.54, 1.807) is 24.3 Å². The van der Waals surface area contributed by atoms with Crippen molar-refractivity contribution in [1.82, 2.24) is 15.1 Å². The fourth-order valence-electron chi connectivity index (χ4n) is 2.50. The first-order valence-corrected chi connectivity index (χ1v) is 8.71. The summed E-state index contributed by atoms with van der Waals surface area (Å²) in [4.78, 5) is 16.5. The normalized spacial score (nSPS) is 15.5. The molecule has 0 unspecified atom stereocenters. The van der Waals surface area contributed by atoms with Crippen LogP contribution in [0.2, 0.25) is 0 Å². The van der Waals surface area contributed by atoms with Gasteiger partial charge in [-0.15, -0.1) is 0 Å². The van der Waals surface area contributed by atoms with Gasteiger partial charge in [0.25, 0.3) is 0 Å². The number of rotatable bonds is 7. The minimum atomic E-state index is 0.0328.